The van der Waals surface area contributed by atoms with Crippen molar-refractivity contribution >= 4 is 40.6 Å². The Morgan fingerprint density at radius 2 is 1.84 bits per heavy atom. The number of hydrogen-bond donors (Lipinski definition) is 0. The summed E-state index contributed by atoms with van der Waals surface area (Å²) in [5.74, 6) is -0.766. The number of carbonyl (C=O) groups is 3. The summed E-state index contributed by atoms with van der Waals surface area (Å²) in [5.41, 5.74) is 1.29. The number of nitrogens with zero attached hydrogens (tertiary/aromatic N) is 2. The summed E-state index contributed by atoms with van der Waals surface area (Å²) in [5, 5.41) is 10.2. The van der Waals surface area contributed by atoms with Gasteiger partial charge in [0.15, 0.2) is 0 Å². The number of imide groups is 1. The van der Waals surface area contributed by atoms with E-state index in [1.165, 1.54) is 18.2 Å². The highest BCUT2D eigenvalue weighted by Gasteiger charge is 2.37. The van der Waals surface area contributed by atoms with Crippen LogP contribution in [0.2, 0.25) is 0 Å². The number of rotatable bonds is 8. The third-order valence-corrected chi connectivity index (χ3v) is 5.18. The van der Waals surface area contributed by atoms with Gasteiger partial charge in [-0.3, -0.25) is 29.4 Å². The molecule has 1 aliphatic heterocycles. The molecule has 0 radical (unpaired) electrons. The minimum absolute atomic E-state index is 0.0119. The first-order valence-electron chi connectivity index (χ1n) is 9.64. The summed E-state index contributed by atoms with van der Waals surface area (Å²) in [7, 11) is 0. The van der Waals surface area contributed by atoms with E-state index < -0.39 is 28.6 Å². The number of ether oxygens (including phenoxy) is 2. The molecule has 10 heteroatoms. The van der Waals surface area contributed by atoms with E-state index in [1.807, 2.05) is 0 Å². The van der Waals surface area contributed by atoms with Gasteiger partial charge in [-0.1, -0.05) is 18.2 Å². The number of amides is 2. The Bertz CT molecular complexity index is 1080. The molecule has 2 aromatic rings. The largest absolute Gasteiger partial charge is 0.488 e. The predicted molar refractivity (Wildman–Crippen MR) is 118 cm³/mol. The zero-order valence-corrected chi connectivity index (χ0v) is 18.2. The van der Waals surface area contributed by atoms with Crippen molar-refractivity contribution in [2.75, 3.05) is 6.54 Å². The van der Waals surface area contributed by atoms with E-state index in [0.29, 0.717) is 11.3 Å². The lowest BCUT2D eigenvalue weighted by Crippen LogP contribution is -2.35. The highest BCUT2D eigenvalue weighted by atomic mass is 32.2. The molecule has 166 valence electrons. The Labute approximate surface area is 188 Å². The van der Waals surface area contributed by atoms with Gasteiger partial charge in [-0.2, -0.15) is 0 Å². The molecule has 0 bridgehead atoms. The van der Waals surface area contributed by atoms with Crippen LogP contribution in [0.25, 0.3) is 6.08 Å². The van der Waals surface area contributed by atoms with Crippen molar-refractivity contribution in [1.82, 2.24) is 4.90 Å². The third kappa shape index (κ3) is 5.73. The van der Waals surface area contributed by atoms with Crippen LogP contribution in [0, 0.1) is 10.1 Å². The van der Waals surface area contributed by atoms with Crippen LogP contribution in [0.3, 0.4) is 0 Å². The van der Waals surface area contributed by atoms with Crippen LogP contribution in [0.1, 0.15) is 25.0 Å². The molecule has 1 heterocycles. The summed E-state index contributed by atoms with van der Waals surface area (Å²) < 4.78 is 10.8. The Hall–Kier alpha value is -3.66. The molecule has 2 amide bonds. The normalized spacial score (nSPS) is 14.8. The number of non-ortho nitro benzene ring substituents is 1. The quantitative estimate of drug-likeness (QED) is 0.252. The molecule has 2 aromatic carbocycles. The number of nitro benzene ring substituents is 1. The molecule has 1 aliphatic rings. The number of benzene rings is 2. The lowest BCUT2D eigenvalue weighted by Gasteiger charge is -2.13. The zero-order valence-electron chi connectivity index (χ0n) is 17.3. The third-order valence-electron chi connectivity index (χ3n) is 4.28. The van der Waals surface area contributed by atoms with Crippen molar-refractivity contribution in [3.8, 4) is 5.75 Å². The van der Waals surface area contributed by atoms with Crippen molar-refractivity contribution in [2.24, 2.45) is 0 Å². The molecular formula is C22H20N2O7S. The van der Waals surface area contributed by atoms with Crippen LogP contribution in [-0.2, 0) is 20.9 Å². The van der Waals surface area contributed by atoms with Gasteiger partial charge >= 0.3 is 5.97 Å². The molecule has 9 nitrogen and oxygen atoms in total. The smallest absolute Gasteiger partial charge is 0.326 e. The second-order valence-corrected chi connectivity index (χ2v) is 8.05. The van der Waals surface area contributed by atoms with E-state index in [1.54, 1.807) is 50.2 Å². The van der Waals surface area contributed by atoms with Crippen molar-refractivity contribution in [3.63, 3.8) is 0 Å². The van der Waals surface area contributed by atoms with Gasteiger partial charge in [0.05, 0.1) is 15.9 Å². The summed E-state index contributed by atoms with van der Waals surface area (Å²) in [6, 6.07) is 12.9. The van der Waals surface area contributed by atoms with Crippen LogP contribution in [0.4, 0.5) is 10.5 Å². The number of nitro groups is 1. The van der Waals surface area contributed by atoms with E-state index in [-0.39, 0.29) is 23.3 Å². The van der Waals surface area contributed by atoms with Gasteiger partial charge in [-0.25, -0.2) is 0 Å². The van der Waals surface area contributed by atoms with Gasteiger partial charge in [-0.05, 0) is 55.4 Å². The average molecular weight is 456 g/mol. The number of para-hydroxylation sites is 1. The highest BCUT2D eigenvalue weighted by Crippen LogP contribution is 2.34. The van der Waals surface area contributed by atoms with Gasteiger partial charge in [-0.15, -0.1) is 0 Å². The topological polar surface area (TPSA) is 116 Å². The second kappa shape index (κ2) is 10.1. The number of esters is 1. The van der Waals surface area contributed by atoms with E-state index in [2.05, 4.69) is 0 Å². The first kappa shape index (κ1) is 23.0. The zero-order chi connectivity index (χ0) is 23.3. The minimum Gasteiger partial charge on any atom is -0.488 e. The van der Waals surface area contributed by atoms with Gasteiger partial charge in [0.1, 0.15) is 18.9 Å². The van der Waals surface area contributed by atoms with Gasteiger partial charge in [0.2, 0.25) is 0 Å². The molecular weight excluding hydrogens is 436 g/mol. The number of thioether (sulfide) groups is 1. The molecule has 0 N–H and O–H groups in total. The molecule has 0 unspecified atom stereocenters. The fraction of sp³-hybridized carbons (Fsp3) is 0.227. The van der Waals surface area contributed by atoms with Crippen LogP contribution >= 0.6 is 11.8 Å². The number of carbonyl (C=O) groups excluding carboxylic acids is 3. The minimum atomic E-state index is -0.657. The number of hydrogen-bond acceptors (Lipinski definition) is 8. The first-order valence-corrected chi connectivity index (χ1v) is 10.5. The summed E-state index contributed by atoms with van der Waals surface area (Å²) in [6.45, 7) is 3.07. The SMILES string of the molecule is CC(C)OC(=O)CN1C(=O)S/C(=C\c2ccccc2OCc2ccc([N+](=O)[O-])cc2)C1=O. The van der Waals surface area contributed by atoms with Crippen molar-refractivity contribution in [2.45, 2.75) is 26.6 Å². The van der Waals surface area contributed by atoms with E-state index in [9.17, 15) is 24.5 Å². The van der Waals surface area contributed by atoms with Crippen LogP contribution in [0.15, 0.2) is 53.4 Å². The lowest BCUT2D eigenvalue weighted by molar-refractivity contribution is -0.384. The Kier molecular flexibility index (Phi) is 7.26. The standard InChI is InChI=1S/C22H20N2O7S/c1-14(2)31-20(25)12-23-21(26)19(32-22(23)27)11-16-5-3-4-6-18(16)30-13-15-7-9-17(10-8-15)24(28)29/h3-11,14H,12-13H2,1-2H3/b19-11-. The maximum atomic E-state index is 12.6. The Morgan fingerprint density at radius 1 is 1.16 bits per heavy atom. The molecule has 3 rings (SSSR count). The summed E-state index contributed by atoms with van der Waals surface area (Å²) in [4.78, 5) is 48.0. The molecule has 1 saturated heterocycles. The van der Waals surface area contributed by atoms with Gasteiger partial charge in [0, 0.05) is 17.7 Å². The second-order valence-electron chi connectivity index (χ2n) is 7.06. The fourth-order valence-electron chi connectivity index (χ4n) is 2.81. The van der Waals surface area contributed by atoms with Crippen molar-refractivity contribution in [1.29, 1.82) is 0 Å². The van der Waals surface area contributed by atoms with Gasteiger partial charge in [0.25, 0.3) is 16.8 Å². The molecule has 32 heavy (non-hydrogen) atoms. The van der Waals surface area contributed by atoms with E-state index in [0.717, 1.165) is 22.2 Å². The van der Waals surface area contributed by atoms with E-state index >= 15 is 0 Å². The first-order chi connectivity index (χ1) is 15.2. The summed E-state index contributed by atoms with van der Waals surface area (Å²) >= 11 is 0.736. The van der Waals surface area contributed by atoms with Crippen LogP contribution < -0.4 is 4.74 Å². The maximum absolute atomic E-state index is 12.6. The molecule has 0 aliphatic carbocycles. The molecule has 0 spiro atoms. The fourth-order valence-corrected chi connectivity index (χ4v) is 3.64. The Morgan fingerprint density at radius 3 is 2.50 bits per heavy atom. The summed E-state index contributed by atoms with van der Waals surface area (Å²) in [6.07, 6.45) is 1.18. The molecule has 0 saturated carbocycles. The molecule has 0 aromatic heterocycles. The highest BCUT2D eigenvalue weighted by molar-refractivity contribution is 8.18. The lowest BCUT2D eigenvalue weighted by atomic mass is 10.1. The maximum Gasteiger partial charge on any atom is 0.326 e. The predicted octanol–water partition coefficient (Wildman–Crippen LogP) is 4.16. The van der Waals surface area contributed by atoms with Crippen molar-refractivity contribution in [3.05, 3.63) is 74.7 Å². The van der Waals surface area contributed by atoms with Crippen LogP contribution in [0.5, 0.6) is 5.75 Å². The van der Waals surface area contributed by atoms with Crippen LogP contribution in [-0.4, -0.2) is 39.6 Å². The average Bonchev–Trinajstić information content (AvgIpc) is 3.00. The molecule has 0 atom stereocenters. The monoisotopic (exact) mass is 456 g/mol. The Balaban J connectivity index is 1.72. The molecule has 1 fully saturated rings. The van der Waals surface area contributed by atoms with Crippen molar-refractivity contribution < 1.29 is 28.8 Å². The van der Waals surface area contributed by atoms with Gasteiger partial charge < -0.3 is 9.47 Å². The van der Waals surface area contributed by atoms with E-state index in [4.69, 9.17) is 9.47 Å².